The Labute approximate surface area is 192 Å². The maximum atomic E-state index is 13.2. The molecule has 1 aromatic carbocycles. The van der Waals surface area contributed by atoms with Crippen LogP contribution in [0.1, 0.15) is 54.6 Å². The molecule has 2 N–H and O–H groups in total. The summed E-state index contributed by atoms with van der Waals surface area (Å²) in [5, 5.41) is 5.68. The number of carbonyl (C=O) groups is 3. The molecular weight excluding hydrogens is 425 g/mol. The van der Waals surface area contributed by atoms with E-state index in [1.165, 1.54) is 30.5 Å². The Morgan fingerprint density at radius 1 is 1.03 bits per heavy atom. The predicted molar refractivity (Wildman–Crippen MR) is 119 cm³/mol. The number of halogens is 1. The van der Waals surface area contributed by atoms with Crippen LogP contribution in [0.25, 0.3) is 0 Å². The van der Waals surface area contributed by atoms with Crippen molar-refractivity contribution in [1.29, 1.82) is 0 Å². The van der Waals surface area contributed by atoms with E-state index in [0.717, 1.165) is 25.7 Å². The van der Waals surface area contributed by atoms with Crippen molar-refractivity contribution in [1.82, 2.24) is 15.5 Å². The van der Waals surface area contributed by atoms with Crippen LogP contribution in [0.15, 0.2) is 47.1 Å². The van der Waals surface area contributed by atoms with E-state index in [1.807, 2.05) is 4.90 Å². The van der Waals surface area contributed by atoms with Crippen LogP contribution in [0.3, 0.4) is 0 Å². The Bertz CT molecular complexity index is 947. The lowest BCUT2D eigenvalue weighted by molar-refractivity contribution is -0.137. The Morgan fingerprint density at radius 3 is 2.36 bits per heavy atom. The second-order valence-electron chi connectivity index (χ2n) is 8.90. The Morgan fingerprint density at radius 2 is 1.73 bits per heavy atom. The molecule has 8 heteroatoms. The first-order chi connectivity index (χ1) is 16.0. The molecule has 3 amide bonds. The number of amides is 3. The number of carbonyl (C=O) groups excluding carboxylic acids is 3. The summed E-state index contributed by atoms with van der Waals surface area (Å²) in [7, 11) is 0. The van der Waals surface area contributed by atoms with Crippen molar-refractivity contribution in [2.24, 2.45) is 11.8 Å². The number of hydrogen-bond donors (Lipinski definition) is 2. The van der Waals surface area contributed by atoms with Crippen LogP contribution < -0.4 is 10.6 Å². The van der Waals surface area contributed by atoms with E-state index >= 15 is 0 Å². The topological polar surface area (TPSA) is 91.7 Å². The van der Waals surface area contributed by atoms with Gasteiger partial charge in [-0.15, -0.1) is 0 Å². The lowest BCUT2D eigenvalue weighted by Crippen LogP contribution is -2.54. The molecule has 2 heterocycles. The molecule has 1 unspecified atom stereocenters. The molecule has 0 radical (unpaired) electrons. The lowest BCUT2D eigenvalue weighted by atomic mass is 9.87. The van der Waals surface area contributed by atoms with Crippen LogP contribution in [-0.4, -0.2) is 41.8 Å². The van der Waals surface area contributed by atoms with Gasteiger partial charge in [-0.2, -0.15) is 0 Å². The monoisotopic (exact) mass is 455 g/mol. The molecule has 2 fully saturated rings. The number of furan rings is 1. The summed E-state index contributed by atoms with van der Waals surface area (Å²) in [5.41, 5.74) is 0.286. The van der Waals surface area contributed by atoms with Gasteiger partial charge in [0.15, 0.2) is 0 Å². The van der Waals surface area contributed by atoms with Gasteiger partial charge in [-0.1, -0.05) is 12.8 Å². The van der Waals surface area contributed by atoms with Crippen molar-refractivity contribution in [2.75, 3.05) is 13.1 Å². The maximum absolute atomic E-state index is 13.2. The van der Waals surface area contributed by atoms with Gasteiger partial charge in [0.05, 0.1) is 12.8 Å². The van der Waals surface area contributed by atoms with E-state index < -0.39 is 17.8 Å². The lowest BCUT2D eigenvalue weighted by Gasteiger charge is -2.36. The van der Waals surface area contributed by atoms with Crippen LogP contribution in [0.5, 0.6) is 0 Å². The smallest absolute Gasteiger partial charge is 0.251 e. The molecule has 0 bridgehead atoms. The van der Waals surface area contributed by atoms with Crippen molar-refractivity contribution in [2.45, 2.75) is 51.1 Å². The van der Waals surface area contributed by atoms with E-state index in [-0.39, 0.29) is 35.8 Å². The number of nitrogens with one attached hydrogen (secondary N) is 2. The number of piperidine rings is 1. The third-order valence-corrected chi connectivity index (χ3v) is 6.72. The SMILES string of the molecule is O=C(NC(C(=O)NCc1ccco1)C1CCN(C(=O)C2CCCC2)CC1)c1ccc(F)cc1. The highest BCUT2D eigenvalue weighted by atomic mass is 19.1. The molecule has 4 rings (SSSR count). The molecule has 1 aliphatic carbocycles. The van der Waals surface area contributed by atoms with Gasteiger partial charge in [0.2, 0.25) is 11.8 Å². The van der Waals surface area contributed by atoms with Crippen LogP contribution in [-0.2, 0) is 16.1 Å². The van der Waals surface area contributed by atoms with Crippen LogP contribution in [0.2, 0.25) is 0 Å². The minimum absolute atomic E-state index is 0.112. The van der Waals surface area contributed by atoms with E-state index in [9.17, 15) is 18.8 Å². The van der Waals surface area contributed by atoms with Gasteiger partial charge in [-0.05, 0) is 68.0 Å². The Balaban J connectivity index is 1.41. The van der Waals surface area contributed by atoms with Crippen molar-refractivity contribution >= 4 is 17.7 Å². The number of nitrogens with zero attached hydrogens (tertiary/aromatic N) is 1. The average Bonchev–Trinajstić information content (AvgIpc) is 3.56. The molecule has 7 nitrogen and oxygen atoms in total. The standard InChI is InChI=1S/C25H30FN3O4/c26-20-9-7-18(8-10-20)23(30)28-22(24(31)27-16-21-6-3-15-33-21)17-11-13-29(14-12-17)25(32)19-4-1-2-5-19/h3,6-10,15,17,19,22H,1-2,4-5,11-14,16H2,(H,27,31)(H,28,30). The highest BCUT2D eigenvalue weighted by Crippen LogP contribution is 2.29. The van der Waals surface area contributed by atoms with Gasteiger partial charge >= 0.3 is 0 Å². The van der Waals surface area contributed by atoms with Gasteiger partial charge in [0.25, 0.3) is 5.91 Å². The predicted octanol–water partition coefficient (Wildman–Crippen LogP) is 3.26. The molecule has 2 aromatic rings. The zero-order valence-corrected chi connectivity index (χ0v) is 18.6. The first-order valence-electron chi connectivity index (χ1n) is 11.7. The van der Waals surface area contributed by atoms with Crippen molar-refractivity contribution in [3.8, 4) is 0 Å². The number of rotatable bonds is 7. The van der Waals surface area contributed by atoms with Crippen LogP contribution >= 0.6 is 0 Å². The third kappa shape index (κ3) is 5.80. The molecule has 1 aromatic heterocycles. The Kier molecular flexibility index (Phi) is 7.42. The molecule has 0 spiro atoms. The summed E-state index contributed by atoms with van der Waals surface area (Å²) >= 11 is 0. The molecule has 33 heavy (non-hydrogen) atoms. The fourth-order valence-corrected chi connectivity index (χ4v) is 4.80. The fourth-order valence-electron chi connectivity index (χ4n) is 4.80. The van der Waals surface area contributed by atoms with Gasteiger partial charge in [-0.25, -0.2) is 4.39 Å². The van der Waals surface area contributed by atoms with Crippen LogP contribution in [0, 0.1) is 17.7 Å². The molecule has 1 aliphatic heterocycles. The summed E-state index contributed by atoms with van der Waals surface area (Å²) in [6.45, 7) is 1.37. The summed E-state index contributed by atoms with van der Waals surface area (Å²) in [4.78, 5) is 40.6. The molecular formula is C25H30FN3O4. The normalized spacial score (nSPS) is 18.2. The molecule has 1 saturated heterocycles. The molecule has 176 valence electrons. The van der Waals surface area contributed by atoms with Gasteiger partial charge in [0, 0.05) is 24.6 Å². The van der Waals surface area contributed by atoms with E-state index in [0.29, 0.717) is 31.7 Å². The first kappa shape index (κ1) is 23.0. The summed E-state index contributed by atoms with van der Waals surface area (Å²) < 4.78 is 18.5. The summed E-state index contributed by atoms with van der Waals surface area (Å²) in [6.07, 6.45) is 6.93. The second kappa shape index (κ2) is 10.6. The highest BCUT2D eigenvalue weighted by Gasteiger charge is 2.36. The molecule has 1 saturated carbocycles. The van der Waals surface area contributed by atoms with E-state index in [1.54, 1.807) is 12.1 Å². The average molecular weight is 456 g/mol. The number of benzene rings is 1. The van der Waals surface area contributed by atoms with Gasteiger partial charge < -0.3 is 20.0 Å². The summed E-state index contributed by atoms with van der Waals surface area (Å²) in [6, 6.07) is 7.96. The van der Waals surface area contributed by atoms with Gasteiger partial charge in [0.1, 0.15) is 17.6 Å². The Hall–Kier alpha value is -3.16. The van der Waals surface area contributed by atoms with E-state index in [4.69, 9.17) is 4.42 Å². The van der Waals surface area contributed by atoms with Gasteiger partial charge in [-0.3, -0.25) is 14.4 Å². The number of hydrogen-bond acceptors (Lipinski definition) is 4. The van der Waals surface area contributed by atoms with E-state index in [2.05, 4.69) is 10.6 Å². The largest absolute Gasteiger partial charge is 0.467 e. The van der Waals surface area contributed by atoms with Crippen molar-refractivity contribution in [3.63, 3.8) is 0 Å². The number of likely N-dealkylation sites (tertiary alicyclic amines) is 1. The highest BCUT2D eigenvalue weighted by molar-refractivity contribution is 5.97. The zero-order chi connectivity index (χ0) is 23.2. The maximum Gasteiger partial charge on any atom is 0.251 e. The quantitative estimate of drug-likeness (QED) is 0.670. The summed E-state index contributed by atoms with van der Waals surface area (Å²) in [5.74, 6) is -0.312. The molecule has 2 aliphatic rings. The minimum atomic E-state index is -0.763. The minimum Gasteiger partial charge on any atom is -0.467 e. The first-order valence-corrected chi connectivity index (χ1v) is 11.7. The van der Waals surface area contributed by atoms with Crippen LogP contribution in [0.4, 0.5) is 4.39 Å². The fraction of sp³-hybridized carbons (Fsp3) is 0.480. The van der Waals surface area contributed by atoms with Crippen molar-refractivity contribution < 1.29 is 23.2 Å². The second-order valence-corrected chi connectivity index (χ2v) is 8.90. The zero-order valence-electron chi connectivity index (χ0n) is 18.6. The van der Waals surface area contributed by atoms with Crippen molar-refractivity contribution in [3.05, 3.63) is 59.8 Å². The molecule has 1 atom stereocenters. The third-order valence-electron chi connectivity index (χ3n) is 6.72.